The van der Waals surface area contributed by atoms with Crippen LogP contribution in [0.15, 0.2) is 71.9 Å². The largest absolute Gasteiger partial charge is 0.482 e. The molecule has 0 saturated carbocycles. The molecule has 0 saturated heterocycles. The van der Waals surface area contributed by atoms with Gasteiger partial charge in [-0.1, -0.05) is 23.7 Å². The van der Waals surface area contributed by atoms with E-state index in [1.54, 1.807) is 47.2 Å². The van der Waals surface area contributed by atoms with Gasteiger partial charge in [-0.3, -0.25) is 4.79 Å². The van der Waals surface area contributed by atoms with Gasteiger partial charge < -0.3 is 19.4 Å². The van der Waals surface area contributed by atoms with Crippen LogP contribution in [-0.2, 0) is 11.2 Å². The van der Waals surface area contributed by atoms with Crippen LogP contribution >= 0.6 is 11.6 Å². The molecular weight excluding hydrogens is 510 g/mol. The number of fused-ring (bicyclic) bond motifs is 1. The molecule has 4 heterocycles. The van der Waals surface area contributed by atoms with Crippen molar-refractivity contribution in [3.05, 3.63) is 94.0 Å². The number of hydrogen-bond donors (Lipinski definition) is 2. The number of imidazole rings is 1. The minimum Gasteiger partial charge on any atom is -0.482 e. The van der Waals surface area contributed by atoms with E-state index in [1.165, 1.54) is 11.0 Å². The van der Waals surface area contributed by atoms with E-state index in [4.69, 9.17) is 21.4 Å². The lowest BCUT2D eigenvalue weighted by Crippen LogP contribution is -2.23. The Bertz CT molecular complexity index is 1710. The minimum atomic E-state index is -1.05. The SMILES string of the molecule is O=C(O)COc1cccc(-c2cnc([C@@H]3CCc4cc(-c5cc(Cl)ccc5-n5cnnn5)cc(=O)n43)[nH]2)c1. The van der Waals surface area contributed by atoms with Crippen molar-refractivity contribution in [1.29, 1.82) is 0 Å². The number of benzene rings is 2. The third-order valence-corrected chi connectivity index (χ3v) is 6.65. The monoisotopic (exact) mass is 529 g/mol. The fourth-order valence-corrected chi connectivity index (χ4v) is 4.94. The van der Waals surface area contributed by atoms with Crippen LogP contribution in [0.1, 0.15) is 24.0 Å². The number of hydrogen-bond acceptors (Lipinski definition) is 7. The van der Waals surface area contributed by atoms with Gasteiger partial charge in [-0.15, -0.1) is 5.10 Å². The van der Waals surface area contributed by atoms with Crippen molar-refractivity contribution in [2.75, 3.05) is 6.61 Å². The number of pyridine rings is 1. The van der Waals surface area contributed by atoms with Crippen LogP contribution in [-0.4, -0.2) is 52.4 Å². The number of ether oxygens (including phenoxy) is 1. The number of aromatic amines is 1. The topological polar surface area (TPSA) is 141 Å². The van der Waals surface area contributed by atoms with E-state index in [0.717, 1.165) is 28.1 Å². The van der Waals surface area contributed by atoms with Gasteiger partial charge in [-0.05, 0) is 65.2 Å². The molecule has 0 amide bonds. The molecule has 38 heavy (non-hydrogen) atoms. The number of carboxylic acids is 1. The Kier molecular flexibility index (Phi) is 5.97. The van der Waals surface area contributed by atoms with E-state index in [1.807, 2.05) is 18.2 Å². The van der Waals surface area contributed by atoms with E-state index >= 15 is 0 Å². The number of carboxylic acid groups (broad SMARTS) is 1. The van der Waals surface area contributed by atoms with Crippen LogP contribution in [0.2, 0.25) is 5.02 Å². The molecule has 0 spiro atoms. The Balaban J connectivity index is 1.32. The van der Waals surface area contributed by atoms with E-state index in [0.29, 0.717) is 35.1 Å². The lowest BCUT2D eigenvalue weighted by Gasteiger charge is -2.15. The van der Waals surface area contributed by atoms with Gasteiger partial charge in [0.15, 0.2) is 6.61 Å². The van der Waals surface area contributed by atoms with Gasteiger partial charge >= 0.3 is 5.97 Å². The van der Waals surface area contributed by atoms with Crippen LogP contribution in [0.3, 0.4) is 0 Å². The van der Waals surface area contributed by atoms with Gasteiger partial charge in [-0.2, -0.15) is 4.68 Å². The fraction of sp³-hybridized carbons (Fsp3) is 0.154. The zero-order valence-corrected chi connectivity index (χ0v) is 20.5. The minimum absolute atomic E-state index is 0.148. The van der Waals surface area contributed by atoms with Crippen molar-refractivity contribution in [2.45, 2.75) is 18.9 Å². The summed E-state index contributed by atoms with van der Waals surface area (Å²) in [6.07, 6.45) is 4.60. The molecule has 0 radical (unpaired) electrons. The highest BCUT2D eigenvalue weighted by Gasteiger charge is 2.28. The third kappa shape index (κ3) is 4.43. The molecule has 0 fully saturated rings. The van der Waals surface area contributed by atoms with E-state index in [-0.39, 0.29) is 11.6 Å². The number of nitrogens with one attached hydrogen (secondary N) is 1. The predicted molar refractivity (Wildman–Crippen MR) is 137 cm³/mol. The van der Waals surface area contributed by atoms with Crippen molar-refractivity contribution >= 4 is 17.6 Å². The van der Waals surface area contributed by atoms with Crippen LogP contribution < -0.4 is 10.3 Å². The average Bonchev–Trinajstić information content (AvgIpc) is 3.68. The zero-order valence-electron chi connectivity index (χ0n) is 19.8. The van der Waals surface area contributed by atoms with Crippen molar-refractivity contribution in [3.63, 3.8) is 0 Å². The normalized spacial score (nSPS) is 14.4. The number of halogens is 1. The summed E-state index contributed by atoms with van der Waals surface area (Å²) >= 11 is 6.29. The fourth-order valence-electron chi connectivity index (χ4n) is 4.77. The zero-order chi connectivity index (χ0) is 26.2. The molecule has 1 atom stereocenters. The van der Waals surface area contributed by atoms with Crippen molar-refractivity contribution in [2.24, 2.45) is 0 Å². The summed E-state index contributed by atoms with van der Waals surface area (Å²) in [7, 11) is 0. The Morgan fingerprint density at radius 1 is 1.16 bits per heavy atom. The second kappa shape index (κ2) is 9.60. The molecule has 1 aliphatic rings. The number of rotatable bonds is 7. The molecule has 12 heteroatoms. The lowest BCUT2D eigenvalue weighted by atomic mass is 10.0. The van der Waals surface area contributed by atoms with Gasteiger partial charge in [0, 0.05) is 27.9 Å². The van der Waals surface area contributed by atoms with Gasteiger partial charge in [-0.25, -0.2) is 9.78 Å². The Morgan fingerprint density at radius 3 is 2.87 bits per heavy atom. The maximum Gasteiger partial charge on any atom is 0.341 e. The first-order valence-corrected chi connectivity index (χ1v) is 12.1. The van der Waals surface area contributed by atoms with Crippen LogP contribution in [0.4, 0.5) is 0 Å². The molecule has 0 unspecified atom stereocenters. The predicted octanol–water partition coefficient (Wildman–Crippen LogP) is 3.53. The molecule has 0 aliphatic carbocycles. The lowest BCUT2D eigenvalue weighted by molar-refractivity contribution is -0.139. The molecule has 5 aromatic rings. The molecular formula is C26H20ClN7O4. The van der Waals surface area contributed by atoms with Gasteiger partial charge in [0.25, 0.3) is 5.56 Å². The summed E-state index contributed by atoms with van der Waals surface area (Å²) in [6.45, 7) is -0.423. The molecule has 11 nitrogen and oxygen atoms in total. The van der Waals surface area contributed by atoms with Crippen molar-refractivity contribution < 1.29 is 14.6 Å². The van der Waals surface area contributed by atoms with E-state index < -0.39 is 12.6 Å². The Labute approximate surface area is 220 Å². The maximum absolute atomic E-state index is 13.4. The summed E-state index contributed by atoms with van der Waals surface area (Å²) in [6, 6.07) is 15.8. The van der Waals surface area contributed by atoms with Crippen LogP contribution in [0.25, 0.3) is 28.1 Å². The molecule has 2 N–H and O–H groups in total. The highest BCUT2D eigenvalue weighted by molar-refractivity contribution is 6.31. The summed E-state index contributed by atoms with van der Waals surface area (Å²) in [5.41, 5.74) is 4.47. The maximum atomic E-state index is 13.4. The number of H-pyrrole nitrogens is 1. The number of aliphatic carboxylic acids is 1. The summed E-state index contributed by atoms with van der Waals surface area (Å²) < 4.78 is 8.58. The first kappa shape index (κ1) is 23.6. The molecule has 6 rings (SSSR count). The summed E-state index contributed by atoms with van der Waals surface area (Å²) in [4.78, 5) is 32.1. The van der Waals surface area contributed by atoms with E-state index in [9.17, 15) is 9.59 Å². The summed E-state index contributed by atoms with van der Waals surface area (Å²) in [5.74, 6) is 0.0652. The highest BCUT2D eigenvalue weighted by Crippen LogP contribution is 2.34. The molecule has 3 aromatic heterocycles. The molecule has 0 bridgehead atoms. The molecule has 190 valence electrons. The highest BCUT2D eigenvalue weighted by atomic mass is 35.5. The standard InChI is InChI=1S/C26H20ClN7O4/c27-17-4-6-22(33-14-29-31-32-33)20(11-17)16-8-18-5-7-23(34(18)24(35)10-16)26-28-12-21(30-26)15-2-1-3-19(9-15)38-13-25(36)37/h1-4,6,8-12,14,23H,5,7,13H2,(H,28,30)(H,36,37)/t23-/m0/s1. The molecule has 1 aliphatic heterocycles. The smallest absolute Gasteiger partial charge is 0.341 e. The van der Waals surface area contributed by atoms with Gasteiger partial charge in [0.05, 0.1) is 23.6 Å². The van der Waals surface area contributed by atoms with E-state index in [2.05, 4.69) is 25.5 Å². The van der Waals surface area contributed by atoms with Gasteiger partial charge in [0.2, 0.25) is 0 Å². The summed E-state index contributed by atoms with van der Waals surface area (Å²) in [5, 5.41) is 20.8. The second-order valence-corrected chi connectivity index (χ2v) is 9.24. The average molecular weight is 530 g/mol. The number of carbonyl (C=O) groups is 1. The number of tetrazole rings is 1. The third-order valence-electron chi connectivity index (χ3n) is 6.42. The van der Waals surface area contributed by atoms with Gasteiger partial charge in [0.1, 0.15) is 17.9 Å². The second-order valence-electron chi connectivity index (χ2n) is 8.81. The molecule has 2 aromatic carbocycles. The van der Waals surface area contributed by atoms with Crippen molar-refractivity contribution in [3.8, 4) is 33.8 Å². The number of aromatic nitrogens is 7. The van der Waals surface area contributed by atoms with Crippen LogP contribution in [0.5, 0.6) is 5.75 Å². The van der Waals surface area contributed by atoms with Crippen LogP contribution in [0, 0.1) is 0 Å². The first-order chi connectivity index (χ1) is 18.5. The quantitative estimate of drug-likeness (QED) is 0.326. The number of aryl methyl sites for hydroxylation is 1. The first-order valence-electron chi connectivity index (χ1n) is 11.7. The van der Waals surface area contributed by atoms with Crippen molar-refractivity contribution in [1.82, 2.24) is 34.7 Å². The Hall–Kier alpha value is -4.77. The Morgan fingerprint density at radius 2 is 2.05 bits per heavy atom. The number of nitrogens with zero attached hydrogens (tertiary/aromatic N) is 6.